The van der Waals surface area contributed by atoms with Gasteiger partial charge in [0.05, 0.1) is 21.9 Å². The van der Waals surface area contributed by atoms with Crippen LogP contribution in [0.3, 0.4) is 0 Å². The Balaban J connectivity index is 2.06. The molecular weight excluding hydrogens is 238 g/mol. The van der Waals surface area contributed by atoms with Crippen molar-refractivity contribution in [2.75, 3.05) is 18.0 Å². The minimum Gasteiger partial charge on any atom is -0.389 e. The van der Waals surface area contributed by atoms with Gasteiger partial charge in [0.15, 0.2) is 5.13 Å². The summed E-state index contributed by atoms with van der Waals surface area (Å²) in [6, 6.07) is 5.40. The van der Waals surface area contributed by atoms with E-state index in [1.165, 1.54) is 11.3 Å². The third kappa shape index (κ3) is 1.65. The van der Waals surface area contributed by atoms with E-state index in [1.807, 2.05) is 11.0 Å². The summed E-state index contributed by atoms with van der Waals surface area (Å²) in [6.45, 7) is 1.21. The fourth-order valence-corrected chi connectivity index (χ4v) is 2.89. The van der Waals surface area contributed by atoms with E-state index >= 15 is 0 Å². The van der Waals surface area contributed by atoms with Crippen LogP contribution in [0.25, 0.3) is 10.2 Å². The summed E-state index contributed by atoms with van der Waals surface area (Å²) >= 11 is 1.51. The van der Waals surface area contributed by atoms with Gasteiger partial charge in [-0.3, -0.25) is 4.79 Å². The molecule has 17 heavy (non-hydrogen) atoms. The minimum absolute atomic E-state index is 0.266. The number of hydrogen-bond donors (Lipinski definition) is 2. The zero-order chi connectivity index (χ0) is 12.0. The fraction of sp³-hybridized carbons (Fsp3) is 0.273. The van der Waals surface area contributed by atoms with Gasteiger partial charge in [-0.1, -0.05) is 17.4 Å². The number of amides is 1. The minimum atomic E-state index is -0.462. The fourth-order valence-electron chi connectivity index (χ4n) is 1.88. The molecule has 1 aromatic heterocycles. The molecule has 5 nitrogen and oxygen atoms in total. The predicted molar refractivity (Wildman–Crippen MR) is 66.4 cm³/mol. The van der Waals surface area contributed by atoms with Crippen molar-refractivity contribution >= 4 is 32.6 Å². The molecule has 0 radical (unpaired) electrons. The number of para-hydroxylation sites is 1. The number of primary amides is 1. The van der Waals surface area contributed by atoms with E-state index in [-0.39, 0.29) is 6.10 Å². The first-order valence-corrected chi connectivity index (χ1v) is 6.09. The highest BCUT2D eigenvalue weighted by Gasteiger charge is 2.27. The Labute approximate surface area is 101 Å². The van der Waals surface area contributed by atoms with Crippen molar-refractivity contribution < 1.29 is 9.90 Å². The number of benzene rings is 1. The number of aromatic nitrogens is 1. The number of β-amino-alcohol motifs (C(OH)–C–C–N with tert-alkyl or cyclic N) is 1. The van der Waals surface area contributed by atoms with Crippen LogP contribution in [0.15, 0.2) is 18.2 Å². The number of carbonyl (C=O) groups is 1. The van der Waals surface area contributed by atoms with Crippen molar-refractivity contribution in [3.05, 3.63) is 23.8 Å². The summed E-state index contributed by atoms with van der Waals surface area (Å²) in [5.74, 6) is -0.462. The zero-order valence-electron chi connectivity index (χ0n) is 8.96. The Hall–Kier alpha value is -1.66. The van der Waals surface area contributed by atoms with Crippen molar-refractivity contribution in [2.24, 2.45) is 5.73 Å². The SMILES string of the molecule is NC(=O)c1cccc2sc(N3CC(O)C3)nc12. The van der Waals surface area contributed by atoms with Gasteiger partial charge >= 0.3 is 0 Å². The number of rotatable bonds is 2. The smallest absolute Gasteiger partial charge is 0.250 e. The molecule has 88 valence electrons. The molecule has 0 unspecified atom stereocenters. The number of anilines is 1. The highest BCUT2D eigenvalue weighted by molar-refractivity contribution is 7.22. The molecule has 0 saturated carbocycles. The van der Waals surface area contributed by atoms with Gasteiger partial charge in [-0.2, -0.15) is 0 Å². The van der Waals surface area contributed by atoms with Gasteiger partial charge in [-0.15, -0.1) is 0 Å². The number of aliphatic hydroxyl groups is 1. The summed E-state index contributed by atoms with van der Waals surface area (Å²) in [6.07, 6.45) is -0.266. The van der Waals surface area contributed by atoms with Crippen LogP contribution in [0.2, 0.25) is 0 Å². The summed E-state index contributed by atoms with van der Waals surface area (Å²) < 4.78 is 0.942. The number of nitrogens with two attached hydrogens (primary N) is 1. The van der Waals surface area contributed by atoms with Crippen molar-refractivity contribution in [1.82, 2.24) is 4.98 Å². The van der Waals surface area contributed by atoms with E-state index in [2.05, 4.69) is 4.98 Å². The Morgan fingerprint density at radius 1 is 1.53 bits per heavy atom. The molecule has 3 N–H and O–H groups in total. The van der Waals surface area contributed by atoms with Gasteiger partial charge in [-0.25, -0.2) is 4.98 Å². The van der Waals surface area contributed by atoms with E-state index in [1.54, 1.807) is 12.1 Å². The zero-order valence-corrected chi connectivity index (χ0v) is 9.78. The highest BCUT2D eigenvalue weighted by Crippen LogP contribution is 2.32. The van der Waals surface area contributed by atoms with Crippen LogP contribution >= 0.6 is 11.3 Å². The summed E-state index contributed by atoms with van der Waals surface area (Å²) in [4.78, 5) is 17.7. The van der Waals surface area contributed by atoms with Crippen LogP contribution in [0.5, 0.6) is 0 Å². The van der Waals surface area contributed by atoms with E-state index in [0.29, 0.717) is 24.2 Å². The summed E-state index contributed by atoms with van der Waals surface area (Å²) in [5.41, 5.74) is 6.41. The first-order valence-electron chi connectivity index (χ1n) is 5.27. The Morgan fingerprint density at radius 2 is 2.29 bits per heavy atom. The van der Waals surface area contributed by atoms with Crippen LogP contribution in [0.1, 0.15) is 10.4 Å². The molecule has 1 fully saturated rings. The van der Waals surface area contributed by atoms with Crippen molar-refractivity contribution in [3.63, 3.8) is 0 Å². The van der Waals surface area contributed by atoms with Crippen LogP contribution in [-0.2, 0) is 0 Å². The maximum atomic E-state index is 11.3. The predicted octanol–water partition coefficient (Wildman–Crippen LogP) is 0.576. The average Bonchev–Trinajstić information content (AvgIpc) is 2.66. The molecule has 2 aromatic rings. The average molecular weight is 249 g/mol. The lowest BCUT2D eigenvalue weighted by atomic mass is 10.2. The number of thiazole rings is 1. The molecule has 1 aliphatic heterocycles. The summed E-state index contributed by atoms with van der Waals surface area (Å²) in [5, 5.41) is 10.1. The van der Waals surface area contributed by atoms with E-state index in [9.17, 15) is 9.90 Å². The number of nitrogens with zero attached hydrogens (tertiary/aromatic N) is 2. The number of fused-ring (bicyclic) bond motifs is 1. The molecule has 6 heteroatoms. The topological polar surface area (TPSA) is 79.5 Å². The maximum Gasteiger partial charge on any atom is 0.250 e. The van der Waals surface area contributed by atoms with Gasteiger partial charge in [0.1, 0.15) is 0 Å². The summed E-state index contributed by atoms with van der Waals surface area (Å²) in [7, 11) is 0. The van der Waals surface area contributed by atoms with E-state index < -0.39 is 5.91 Å². The van der Waals surface area contributed by atoms with Crippen LogP contribution in [0.4, 0.5) is 5.13 Å². The van der Waals surface area contributed by atoms with Gasteiger partial charge in [-0.05, 0) is 12.1 Å². The Bertz CT molecular complexity index is 589. The van der Waals surface area contributed by atoms with Crippen molar-refractivity contribution in [3.8, 4) is 0 Å². The van der Waals surface area contributed by atoms with Crippen LogP contribution in [0, 0.1) is 0 Å². The van der Waals surface area contributed by atoms with Crippen molar-refractivity contribution in [1.29, 1.82) is 0 Å². The second-order valence-corrected chi connectivity index (χ2v) is 5.08. The van der Waals surface area contributed by atoms with Gasteiger partial charge in [0.2, 0.25) is 0 Å². The lowest BCUT2D eigenvalue weighted by Gasteiger charge is -2.35. The van der Waals surface area contributed by atoms with Crippen LogP contribution in [-0.4, -0.2) is 35.2 Å². The second kappa shape index (κ2) is 3.68. The molecule has 0 spiro atoms. The molecule has 1 amide bonds. The first-order chi connectivity index (χ1) is 8.15. The molecule has 1 saturated heterocycles. The monoisotopic (exact) mass is 249 g/mol. The van der Waals surface area contributed by atoms with Gasteiger partial charge in [0, 0.05) is 13.1 Å². The third-order valence-electron chi connectivity index (χ3n) is 2.81. The molecule has 2 heterocycles. The van der Waals surface area contributed by atoms with Gasteiger partial charge < -0.3 is 15.7 Å². The first kappa shape index (κ1) is 10.5. The number of hydrogen-bond acceptors (Lipinski definition) is 5. The van der Waals surface area contributed by atoms with Crippen LogP contribution < -0.4 is 10.6 Å². The largest absolute Gasteiger partial charge is 0.389 e. The van der Waals surface area contributed by atoms with E-state index in [0.717, 1.165) is 9.83 Å². The molecule has 1 aromatic carbocycles. The molecule has 0 atom stereocenters. The molecular formula is C11H11N3O2S. The molecule has 0 bridgehead atoms. The lowest BCUT2D eigenvalue weighted by Crippen LogP contribution is -2.50. The highest BCUT2D eigenvalue weighted by atomic mass is 32.1. The number of carbonyl (C=O) groups excluding carboxylic acids is 1. The molecule has 3 rings (SSSR count). The Kier molecular flexibility index (Phi) is 2.27. The van der Waals surface area contributed by atoms with Gasteiger partial charge in [0.25, 0.3) is 5.91 Å². The van der Waals surface area contributed by atoms with E-state index in [4.69, 9.17) is 5.73 Å². The maximum absolute atomic E-state index is 11.3. The number of aliphatic hydroxyl groups excluding tert-OH is 1. The molecule has 1 aliphatic rings. The van der Waals surface area contributed by atoms with Crippen molar-refractivity contribution in [2.45, 2.75) is 6.10 Å². The second-order valence-electron chi connectivity index (χ2n) is 4.07. The Morgan fingerprint density at radius 3 is 2.94 bits per heavy atom. The standard InChI is InChI=1S/C11H11N3O2S/c12-10(16)7-2-1-3-8-9(7)13-11(17-8)14-4-6(15)5-14/h1-3,6,15H,4-5H2,(H2,12,16). The lowest BCUT2D eigenvalue weighted by molar-refractivity contribution is 0.100. The normalized spacial score (nSPS) is 16.2. The third-order valence-corrected chi connectivity index (χ3v) is 3.89. The quantitative estimate of drug-likeness (QED) is 0.815. The molecule has 0 aliphatic carbocycles.